The van der Waals surface area contributed by atoms with E-state index in [1.807, 2.05) is 24.3 Å². The van der Waals surface area contributed by atoms with E-state index in [1.54, 1.807) is 13.8 Å². The Balaban J connectivity index is 1.39. The van der Waals surface area contributed by atoms with Crippen molar-refractivity contribution >= 4 is 18.0 Å². The number of ether oxygens (including phenoxy) is 2. The standard InChI is InChI=1S/C25H30N2O6/c1-3-27(17(2)14-24(29)30)23(28)16-32-13-12-26-25(31)33-15-22-20-10-6-4-8-18(20)19-9-5-7-11-21(19)22/h4-11,17,22H,3,12-16H2,1-2H3,(H,26,31)(H,29,30). The Bertz CT molecular complexity index is 947. The van der Waals surface area contributed by atoms with Crippen LogP contribution in [0.15, 0.2) is 48.5 Å². The van der Waals surface area contributed by atoms with Gasteiger partial charge in [0.05, 0.1) is 13.0 Å². The largest absolute Gasteiger partial charge is 0.481 e. The summed E-state index contributed by atoms with van der Waals surface area (Å²) in [6.45, 7) is 4.26. The lowest BCUT2D eigenvalue weighted by Crippen LogP contribution is -2.42. The fourth-order valence-corrected chi connectivity index (χ4v) is 4.21. The molecule has 2 N–H and O–H groups in total. The van der Waals surface area contributed by atoms with E-state index < -0.39 is 18.1 Å². The molecule has 0 spiro atoms. The van der Waals surface area contributed by atoms with Gasteiger partial charge >= 0.3 is 12.1 Å². The molecule has 0 fully saturated rings. The van der Waals surface area contributed by atoms with Gasteiger partial charge in [0.1, 0.15) is 13.2 Å². The highest BCUT2D eigenvalue weighted by molar-refractivity contribution is 5.79. The minimum Gasteiger partial charge on any atom is -0.481 e. The molecule has 0 radical (unpaired) electrons. The molecule has 1 aliphatic rings. The van der Waals surface area contributed by atoms with Crippen LogP contribution in [0.4, 0.5) is 4.79 Å². The maximum absolute atomic E-state index is 12.2. The van der Waals surface area contributed by atoms with Gasteiger partial charge in [-0.1, -0.05) is 48.5 Å². The average Bonchev–Trinajstić information content (AvgIpc) is 3.11. The number of benzene rings is 2. The molecular formula is C25H30N2O6. The van der Waals surface area contributed by atoms with Gasteiger partial charge in [-0.2, -0.15) is 0 Å². The van der Waals surface area contributed by atoms with Gasteiger partial charge in [-0.15, -0.1) is 0 Å². The number of hydrogen-bond acceptors (Lipinski definition) is 5. The molecule has 1 atom stereocenters. The highest BCUT2D eigenvalue weighted by atomic mass is 16.5. The second-order valence-corrected chi connectivity index (χ2v) is 7.93. The zero-order valence-corrected chi connectivity index (χ0v) is 19.0. The molecule has 176 valence electrons. The fraction of sp³-hybridized carbons (Fsp3) is 0.400. The van der Waals surface area contributed by atoms with Crippen LogP contribution in [0.5, 0.6) is 0 Å². The van der Waals surface area contributed by atoms with Crippen molar-refractivity contribution in [3.63, 3.8) is 0 Å². The number of amides is 2. The predicted octanol–water partition coefficient (Wildman–Crippen LogP) is 3.25. The average molecular weight is 455 g/mol. The van der Waals surface area contributed by atoms with Crippen molar-refractivity contribution in [2.45, 2.75) is 32.2 Å². The van der Waals surface area contributed by atoms with Crippen LogP contribution in [-0.2, 0) is 19.1 Å². The summed E-state index contributed by atoms with van der Waals surface area (Å²) in [6.07, 6.45) is -0.666. The molecule has 2 aromatic carbocycles. The number of rotatable bonds is 11. The minimum atomic E-state index is -0.957. The topological polar surface area (TPSA) is 105 Å². The monoisotopic (exact) mass is 454 g/mol. The first kappa shape index (κ1) is 24.3. The lowest BCUT2D eigenvalue weighted by atomic mass is 9.98. The first-order chi connectivity index (χ1) is 15.9. The van der Waals surface area contributed by atoms with Crippen molar-refractivity contribution in [1.82, 2.24) is 10.2 Å². The fourth-order valence-electron chi connectivity index (χ4n) is 4.21. The molecule has 8 nitrogen and oxygen atoms in total. The first-order valence-corrected chi connectivity index (χ1v) is 11.1. The van der Waals surface area contributed by atoms with Crippen LogP contribution in [0, 0.1) is 0 Å². The number of nitrogens with zero attached hydrogens (tertiary/aromatic N) is 1. The maximum atomic E-state index is 12.2. The summed E-state index contributed by atoms with van der Waals surface area (Å²) in [6, 6.07) is 15.8. The first-order valence-electron chi connectivity index (χ1n) is 11.1. The number of fused-ring (bicyclic) bond motifs is 3. The van der Waals surface area contributed by atoms with Crippen molar-refractivity contribution < 1.29 is 29.0 Å². The molecule has 0 bridgehead atoms. The molecule has 1 aliphatic carbocycles. The Labute approximate surface area is 193 Å². The summed E-state index contributed by atoms with van der Waals surface area (Å²) in [5.41, 5.74) is 4.62. The van der Waals surface area contributed by atoms with Crippen LogP contribution < -0.4 is 5.32 Å². The van der Waals surface area contributed by atoms with Crippen molar-refractivity contribution in [3.05, 3.63) is 59.7 Å². The van der Waals surface area contributed by atoms with Gasteiger partial charge in [0, 0.05) is 25.0 Å². The summed E-state index contributed by atoms with van der Waals surface area (Å²) in [5.74, 6) is -1.25. The molecule has 0 saturated carbocycles. The zero-order chi connectivity index (χ0) is 23.8. The highest BCUT2D eigenvalue weighted by Crippen LogP contribution is 2.44. The van der Waals surface area contributed by atoms with Gasteiger partial charge < -0.3 is 24.8 Å². The number of carbonyl (C=O) groups excluding carboxylic acids is 2. The van der Waals surface area contributed by atoms with Gasteiger partial charge in [0.2, 0.25) is 5.91 Å². The van der Waals surface area contributed by atoms with E-state index in [0.29, 0.717) is 6.54 Å². The van der Waals surface area contributed by atoms with Crippen LogP contribution in [0.25, 0.3) is 11.1 Å². The van der Waals surface area contributed by atoms with Crippen molar-refractivity contribution in [2.24, 2.45) is 0 Å². The van der Waals surface area contributed by atoms with Crippen LogP contribution in [0.3, 0.4) is 0 Å². The van der Waals surface area contributed by atoms with Crippen molar-refractivity contribution in [2.75, 3.05) is 32.9 Å². The second kappa shape index (κ2) is 11.5. The summed E-state index contributed by atoms with van der Waals surface area (Å²) < 4.78 is 10.8. The lowest BCUT2D eigenvalue weighted by Gasteiger charge is -2.26. The summed E-state index contributed by atoms with van der Waals surface area (Å²) in [7, 11) is 0. The minimum absolute atomic E-state index is 0.00941. The van der Waals surface area contributed by atoms with E-state index in [0.717, 1.165) is 11.1 Å². The summed E-state index contributed by atoms with van der Waals surface area (Å²) in [5, 5.41) is 11.5. The van der Waals surface area contributed by atoms with E-state index in [9.17, 15) is 14.4 Å². The zero-order valence-electron chi connectivity index (χ0n) is 19.0. The lowest BCUT2D eigenvalue weighted by molar-refractivity contribution is -0.142. The SMILES string of the molecule is CCN(C(=O)COCCNC(=O)OCC1c2ccccc2-c2ccccc21)C(C)CC(=O)O. The normalized spacial score (nSPS) is 13.0. The van der Waals surface area contributed by atoms with Crippen molar-refractivity contribution in [1.29, 1.82) is 0 Å². The van der Waals surface area contributed by atoms with E-state index in [1.165, 1.54) is 16.0 Å². The van der Waals surface area contributed by atoms with Gasteiger partial charge in [0.25, 0.3) is 0 Å². The summed E-state index contributed by atoms with van der Waals surface area (Å²) in [4.78, 5) is 36.7. The number of likely N-dealkylation sites (N-methyl/N-ethyl adjacent to an activating group) is 1. The Morgan fingerprint density at radius 2 is 1.67 bits per heavy atom. The molecule has 0 aromatic heterocycles. The molecule has 8 heteroatoms. The third-order valence-corrected chi connectivity index (χ3v) is 5.75. The Hall–Kier alpha value is -3.39. The predicted molar refractivity (Wildman–Crippen MR) is 123 cm³/mol. The Morgan fingerprint density at radius 1 is 1.06 bits per heavy atom. The molecule has 0 saturated heterocycles. The van der Waals surface area contributed by atoms with Crippen LogP contribution in [0.2, 0.25) is 0 Å². The second-order valence-electron chi connectivity index (χ2n) is 7.93. The van der Waals surface area contributed by atoms with Gasteiger partial charge in [-0.25, -0.2) is 4.79 Å². The van der Waals surface area contributed by atoms with Gasteiger partial charge in [-0.3, -0.25) is 9.59 Å². The van der Waals surface area contributed by atoms with Crippen LogP contribution >= 0.6 is 0 Å². The van der Waals surface area contributed by atoms with E-state index in [4.69, 9.17) is 14.6 Å². The van der Waals surface area contributed by atoms with Crippen molar-refractivity contribution in [3.8, 4) is 11.1 Å². The van der Waals surface area contributed by atoms with Crippen LogP contribution in [0.1, 0.15) is 37.3 Å². The molecule has 2 amide bonds. The van der Waals surface area contributed by atoms with Gasteiger partial charge in [0.15, 0.2) is 0 Å². The number of hydrogen-bond donors (Lipinski definition) is 2. The maximum Gasteiger partial charge on any atom is 0.407 e. The van der Waals surface area contributed by atoms with E-state index in [-0.39, 0.29) is 44.6 Å². The smallest absolute Gasteiger partial charge is 0.407 e. The molecule has 0 aliphatic heterocycles. The number of nitrogens with one attached hydrogen (secondary N) is 1. The number of carboxylic acid groups (broad SMARTS) is 1. The highest BCUT2D eigenvalue weighted by Gasteiger charge is 2.29. The molecule has 33 heavy (non-hydrogen) atoms. The number of carbonyl (C=O) groups is 3. The Kier molecular flexibility index (Phi) is 8.43. The van der Waals surface area contributed by atoms with Gasteiger partial charge in [-0.05, 0) is 36.1 Å². The third kappa shape index (κ3) is 6.10. The number of aliphatic carboxylic acids is 1. The quantitative estimate of drug-likeness (QED) is 0.505. The molecule has 3 rings (SSSR count). The number of carboxylic acids is 1. The summed E-state index contributed by atoms with van der Waals surface area (Å²) >= 11 is 0. The van der Waals surface area contributed by atoms with E-state index in [2.05, 4.69) is 29.6 Å². The molecule has 2 aromatic rings. The molecule has 0 heterocycles. The molecular weight excluding hydrogens is 424 g/mol. The van der Waals surface area contributed by atoms with E-state index >= 15 is 0 Å². The Morgan fingerprint density at radius 3 is 2.24 bits per heavy atom. The molecule has 1 unspecified atom stereocenters. The number of alkyl carbamates (subject to hydrolysis) is 1. The third-order valence-electron chi connectivity index (χ3n) is 5.75. The van der Waals surface area contributed by atoms with Crippen LogP contribution in [-0.4, -0.2) is 66.9 Å².